The molecular formula is C12H13N3OS. The minimum Gasteiger partial charge on any atom is -0.340 e. The molecule has 2 N–H and O–H groups in total. The van der Waals surface area contributed by atoms with Gasteiger partial charge in [-0.25, -0.2) is 4.98 Å². The van der Waals surface area contributed by atoms with Crippen LogP contribution in [0.5, 0.6) is 0 Å². The third kappa shape index (κ3) is 3.64. The van der Waals surface area contributed by atoms with Gasteiger partial charge in [-0.05, 0) is 24.6 Å². The maximum Gasteiger partial charge on any atom is 0.234 e. The van der Waals surface area contributed by atoms with Crippen LogP contribution in [0.3, 0.4) is 0 Å². The van der Waals surface area contributed by atoms with Gasteiger partial charge in [-0.1, -0.05) is 23.9 Å². The summed E-state index contributed by atoms with van der Waals surface area (Å²) >= 11 is 1.38. The van der Waals surface area contributed by atoms with Gasteiger partial charge in [0.1, 0.15) is 0 Å². The molecule has 0 saturated heterocycles. The molecule has 0 saturated carbocycles. The molecule has 0 aliphatic rings. The zero-order valence-corrected chi connectivity index (χ0v) is 10.3. The summed E-state index contributed by atoms with van der Waals surface area (Å²) in [5, 5.41) is 3.60. The number of rotatable bonds is 4. The zero-order valence-electron chi connectivity index (χ0n) is 9.43. The summed E-state index contributed by atoms with van der Waals surface area (Å²) in [4.78, 5) is 18.6. The Bertz CT molecular complexity index is 496. The quantitative estimate of drug-likeness (QED) is 0.816. The summed E-state index contributed by atoms with van der Waals surface area (Å²) < 4.78 is 0. The van der Waals surface area contributed by atoms with Crippen molar-refractivity contribution in [3.63, 3.8) is 0 Å². The number of aromatic amines is 1. The SMILES string of the molecule is Cc1cccc(NC(=O)CSc2ncc[nH]2)c1. The van der Waals surface area contributed by atoms with Crippen molar-refractivity contribution in [2.45, 2.75) is 12.1 Å². The summed E-state index contributed by atoms with van der Waals surface area (Å²) in [6, 6.07) is 7.73. The Hall–Kier alpha value is -1.75. The van der Waals surface area contributed by atoms with Crippen molar-refractivity contribution in [1.29, 1.82) is 0 Å². The fraction of sp³-hybridized carbons (Fsp3) is 0.167. The lowest BCUT2D eigenvalue weighted by atomic mass is 10.2. The average molecular weight is 247 g/mol. The summed E-state index contributed by atoms with van der Waals surface area (Å²) in [5.41, 5.74) is 1.96. The van der Waals surface area contributed by atoms with E-state index in [1.54, 1.807) is 12.4 Å². The molecule has 0 bridgehead atoms. The molecule has 88 valence electrons. The number of carbonyl (C=O) groups excluding carboxylic acids is 1. The summed E-state index contributed by atoms with van der Waals surface area (Å²) in [7, 11) is 0. The molecule has 4 nitrogen and oxygen atoms in total. The van der Waals surface area contributed by atoms with Gasteiger partial charge in [0, 0.05) is 18.1 Å². The highest BCUT2D eigenvalue weighted by molar-refractivity contribution is 7.99. The van der Waals surface area contributed by atoms with Crippen LogP contribution < -0.4 is 5.32 Å². The van der Waals surface area contributed by atoms with E-state index in [0.717, 1.165) is 16.4 Å². The van der Waals surface area contributed by atoms with E-state index in [1.165, 1.54) is 11.8 Å². The zero-order chi connectivity index (χ0) is 12.1. The van der Waals surface area contributed by atoms with Crippen LogP contribution in [0.2, 0.25) is 0 Å². The molecule has 5 heteroatoms. The largest absolute Gasteiger partial charge is 0.340 e. The Labute approximate surface area is 104 Å². The van der Waals surface area contributed by atoms with Gasteiger partial charge in [0.05, 0.1) is 5.75 Å². The monoisotopic (exact) mass is 247 g/mol. The number of thioether (sulfide) groups is 1. The van der Waals surface area contributed by atoms with E-state index in [-0.39, 0.29) is 5.91 Å². The van der Waals surface area contributed by atoms with Gasteiger partial charge in [0.15, 0.2) is 5.16 Å². The minimum atomic E-state index is -0.0306. The van der Waals surface area contributed by atoms with E-state index in [4.69, 9.17) is 0 Å². The molecule has 1 aromatic carbocycles. The smallest absolute Gasteiger partial charge is 0.234 e. The molecule has 0 radical (unpaired) electrons. The van der Waals surface area contributed by atoms with Crippen LogP contribution in [0.4, 0.5) is 5.69 Å². The van der Waals surface area contributed by atoms with Crippen LogP contribution in [-0.2, 0) is 4.79 Å². The molecule has 1 aromatic heterocycles. The standard InChI is InChI=1S/C12H13N3OS/c1-9-3-2-4-10(7-9)15-11(16)8-17-12-13-5-6-14-12/h2-7H,8H2,1H3,(H,13,14)(H,15,16). The second-order valence-electron chi connectivity index (χ2n) is 3.60. The van der Waals surface area contributed by atoms with Crippen molar-refractivity contribution in [3.05, 3.63) is 42.2 Å². The normalized spacial score (nSPS) is 10.2. The number of amides is 1. The molecule has 17 heavy (non-hydrogen) atoms. The Morgan fingerprint density at radius 1 is 1.53 bits per heavy atom. The van der Waals surface area contributed by atoms with Crippen molar-refractivity contribution in [2.75, 3.05) is 11.1 Å². The number of carbonyl (C=O) groups is 1. The van der Waals surface area contributed by atoms with E-state index in [0.29, 0.717) is 5.75 Å². The number of benzene rings is 1. The van der Waals surface area contributed by atoms with E-state index >= 15 is 0 Å². The fourth-order valence-corrected chi connectivity index (χ4v) is 2.01. The third-order valence-corrected chi connectivity index (χ3v) is 3.02. The number of nitrogens with one attached hydrogen (secondary N) is 2. The minimum absolute atomic E-state index is 0.0306. The van der Waals surface area contributed by atoms with Gasteiger partial charge in [-0.15, -0.1) is 0 Å². The average Bonchev–Trinajstić information content (AvgIpc) is 2.79. The molecule has 2 rings (SSSR count). The molecule has 1 amide bonds. The van der Waals surface area contributed by atoms with Crippen LogP contribution in [0, 0.1) is 6.92 Å². The number of nitrogens with zero attached hydrogens (tertiary/aromatic N) is 1. The van der Waals surface area contributed by atoms with E-state index in [9.17, 15) is 4.79 Å². The molecule has 2 aromatic rings. The van der Waals surface area contributed by atoms with Gasteiger partial charge >= 0.3 is 0 Å². The second-order valence-corrected chi connectivity index (χ2v) is 4.56. The first-order valence-corrected chi connectivity index (χ1v) is 6.21. The predicted molar refractivity (Wildman–Crippen MR) is 69.1 cm³/mol. The highest BCUT2D eigenvalue weighted by Crippen LogP contribution is 2.13. The van der Waals surface area contributed by atoms with Crippen LogP contribution in [0.1, 0.15) is 5.56 Å². The van der Waals surface area contributed by atoms with Crippen LogP contribution in [0.15, 0.2) is 41.8 Å². The predicted octanol–water partition coefficient (Wildman–Crippen LogP) is 2.45. The molecule has 0 aliphatic carbocycles. The van der Waals surface area contributed by atoms with Gasteiger partial charge in [0.25, 0.3) is 0 Å². The lowest BCUT2D eigenvalue weighted by Gasteiger charge is -2.04. The maximum atomic E-state index is 11.6. The van der Waals surface area contributed by atoms with Gasteiger partial charge in [-0.3, -0.25) is 4.79 Å². The first kappa shape index (κ1) is 11.7. The van der Waals surface area contributed by atoms with Crippen molar-refractivity contribution in [2.24, 2.45) is 0 Å². The topological polar surface area (TPSA) is 57.8 Å². The number of H-pyrrole nitrogens is 1. The Balaban J connectivity index is 1.85. The molecule has 1 heterocycles. The summed E-state index contributed by atoms with van der Waals surface area (Å²) in [5.74, 6) is 0.318. The number of hydrogen-bond donors (Lipinski definition) is 2. The molecule has 0 spiro atoms. The lowest BCUT2D eigenvalue weighted by molar-refractivity contribution is -0.113. The number of imidazole rings is 1. The van der Waals surface area contributed by atoms with E-state index in [1.807, 2.05) is 31.2 Å². The highest BCUT2D eigenvalue weighted by Gasteiger charge is 2.04. The maximum absolute atomic E-state index is 11.6. The fourth-order valence-electron chi connectivity index (χ4n) is 1.38. The van der Waals surface area contributed by atoms with Gasteiger partial charge < -0.3 is 10.3 Å². The van der Waals surface area contributed by atoms with Crippen molar-refractivity contribution in [1.82, 2.24) is 9.97 Å². The molecule has 0 unspecified atom stereocenters. The van der Waals surface area contributed by atoms with Crippen molar-refractivity contribution in [3.8, 4) is 0 Å². The number of hydrogen-bond acceptors (Lipinski definition) is 3. The van der Waals surface area contributed by atoms with Gasteiger partial charge in [0.2, 0.25) is 5.91 Å². The second kappa shape index (κ2) is 5.54. The Kier molecular flexibility index (Phi) is 3.82. The first-order valence-electron chi connectivity index (χ1n) is 5.23. The van der Waals surface area contributed by atoms with Gasteiger partial charge in [-0.2, -0.15) is 0 Å². The van der Waals surface area contributed by atoms with Crippen LogP contribution in [-0.4, -0.2) is 21.6 Å². The van der Waals surface area contributed by atoms with Crippen LogP contribution >= 0.6 is 11.8 Å². The molecule has 0 aliphatic heterocycles. The third-order valence-electron chi connectivity index (χ3n) is 2.11. The van der Waals surface area contributed by atoms with Crippen molar-refractivity contribution < 1.29 is 4.79 Å². The number of aromatic nitrogens is 2. The highest BCUT2D eigenvalue weighted by atomic mass is 32.2. The summed E-state index contributed by atoms with van der Waals surface area (Å²) in [6.45, 7) is 1.99. The summed E-state index contributed by atoms with van der Waals surface area (Å²) in [6.07, 6.45) is 3.40. The molecule has 0 fully saturated rings. The molecular weight excluding hydrogens is 234 g/mol. The van der Waals surface area contributed by atoms with Crippen molar-refractivity contribution >= 4 is 23.4 Å². The lowest BCUT2D eigenvalue weighted by Crippen LogP contribution is -2.14. The van der Waals surface area contributed by atoms with Crippen LogP contribution in [0.25, 0.3) is 0 Å². The van der Waals surface area contributed by atoms with E-state index < -0.39 is 0 Å². The first-order chi connectivity index (χ1) is 8.24. The number of anilines is 1. The number of aryl methyl sites for hydroxylation is 1. The Morgan fingerprint density at radius 2 is 2.41 bits per heavy atom. The molecule has 0 atom stereocenters. The Morgan fingerprint density at radius 3 is 3.12 bits per heavy atom. The van der Waals surface area contributed by atoms with E-state index in [2.05, 4.69) is 15.3 Å².